The summed E-state index contributed by atoms with van der Waals surface area (Å²) in [4.78, 5) is 29.0. The first-order valence-electron chi connectivity index (χ1n) is 6.38. The van der Waals surface area contributed by atoms with Crippen molar-refractivity contribution < 1.29 is 14.7 Å². The Balaban J connectivity index is 2.01. The highest BCUT2D eigenvalue weighted by atomic mass is 32.2. The summed E-state index contributed by atoms with van der Waals surface area (Å²) in [6.45, 7) is 2.27. The fraction of sp³-hybridized carbons (Fsp3) is 0.462. The van der Waals surface area contributed by atoms with Crippen LogP contribution in [0, 0.1) is 0 Å². The first kappa shape index (κ1) is 14.6. The minimum atomic E-state index is -0.960. The molecule has 1 aromatic rings. The fourth-order valence-corrected chi connectivity index (χ4v) is 3.06. The van der Waals surface area contributed by atoms with Crippen molar-refractivity contribution in [3.63, 3.8) is 0 Å². The Bertz CT molecular complexity index is 483. The Kier molecular flexibility index (Phi) is 4.84. The zero-order valence-corrected chi connectivity index (χ0v) is 12.0. The van der Waals surface area contributed by atoms with Gasteiger partial charge in [0.25, 0.3) is 0 Å². The number of thioether (sulfide) groups is 1. The quantitative estimate of drug-likeness (QED) is 0.879. The molecule has 108 valence electrons. The van der Waals surface area contributed by atoms with Crippen LogP contribution in [-0.4, -0.2) is 51.1 Å². The van der Waals surface area contributed by atoms with E-state index in [1.807, 2.05) is 19.1 Å². The maximum Gasteiger partial charge on any atom is 0.327 e. The molecule has 2 atom stereocenters. The second kappa shape index (κ2) is 6.60. The molecule has 1 aliphatic rings. The van der Waals surface area contributed by atoms with Gasteiger partial charge in [0.15, 0.2) is 0 Å². The summed E-state index contributed by atoms with van der Waals surface area (Å²) in [6.07, 6.45) is 1.66. The van der Waals surface area contributed by atoms with Crippen LogP contribution in [0.1, 0.15) is 18.7 Å². The molecule has 2 heterocycles. The van der Waals surface area contributed by atoms with Crippen LogP contribution >= 0.6 is 11.8 Å². The van der Waals surface area contributed by atoms with E-state index in [9.17, 15) is 9.59 Å². The lowest BCUT2D eigenvalue weighted by molar-refractivity contribution is -0.141. The number of nitrogens with one attached hydrogen (secondary N) is 1. The molecule has 0 aromatic carbocycles. The van der Waals surface area contributed by atoms with E-state index in [0.29, 0.717) is 12.3 Å². The highest BCUT2D eigenvalue weighted by molar-refractivity contribution is 7.99. The number of hydrogen-bond donors (Lipinski definition) is 2. The van der Waals surface area contributed by atoms with E-state index in [2.05, 4.69) is 10.3 Å². The smallest absolute Gasteiger partial charge is 0.327 e. The highest BCUT2D eigenvalue weighted by Gasteiger charge is 2.32. The molecule has 0 bridgehead atoms. The Labute approximate surface area is 121 Å². The zero-order valence-electron chi connectivity index (χ0n) is 11.2. The number of hydrogen-bond acceptors (Lipinski definition) is 4. The maximum atomic E-state index is 12.2. The van der Waals surface area contributed by atoms with Crippen LogP contribution in [0.5, 0.6) is 0 Å². The Morgan fingerprint density at radius 3 is 3.00 bits per heavy atom. The molecule has 2 rings (SSSR count). The Hall–Kier alpha value is -1.76. The molecular weight excluding hydrogens is 278 g/mol. The summed E-state index contributed by atoms with van der Waals surface area (Å²) in [7, 11) is 0. The van der Waals surface area contributed by atoms with Crippen LogP contribution in [0.4, 0.5) is 4.79 Å². The third-order valence-electron chi connectivity index (χ3n) is 3.15. The molecule has 1 saturated heterocycles. The minimum Gasteiger partial charge on any atom is -0.480 e. The fourth-order valence-electron chi connectivity index (χ4n) is 2.03. The standard InChI is InChI=1S/C13H17N3O3S/c1-9(10-4-2-3-5-14-10)15-13(19)16-6-7-20-8-11(16)12(17)18/h2-5,9,11H,6-8H2,1H3,(H,15,19)(H,17,18). The molecular formula is C13H17N3O3S. The van der Waals surface area contributed by atoms with Gasteiger partial charge in [-0.3, -0.25) is 4.98 Å². The number of rotatable bonds is 3. The van der Waals surface area contributed by atoms with E-state index in [0.717, 1.165) is 11.4 Å². The maximum absolute atomic E-state index is 12.2. The van der Waals surface area contributed by atoms with Crippen molar-refractivity contribution in [2.75, 3.05) is 18.1 Å². The summed E-state index contributed by atoms with van der Waals surface area (Å²) in [5.74, 6) is 0.230. The predicted octanol–water partition coefficient (Wildman–Crippen LogP) is 1.35. The van der Waals surface area contributed by atoms with E-state index < -0.39 is 12.0 Å². The largest absolute Gasteiger partial charge is 0.480 e. The molecule has 1 aromatic heterocycles. The number of aliphatic carboxylic acids is 1. The van der Waals surface area contributed by atoms with Gasteiger partial charge in [0.2, 0.25) is 0 Å². The van der Waals surface area contributed by atoms with Crippen molar-refractivity contribution in [2.45, 2.75) is 19.0 Å². The van der Waals surface area contributed by atoms with Crippen molar-refractivity contribution >= 4 is 23.8 Å². The normalized spacial score (nSPS) is 20.2. The molecule has 0 saturated carbocycles. The third kappa shape index (κ3) is 3.41. The molecule has 2 unspecified atom stereocenters. The van der Waals surface area contributed by atoms with Crippen LogP contribution in [0.25, 0.3) is 0 Å². The monoisotopic (exact) mass is 295 g/mol. The van der Waals surface area contributed by atoms with Crippen molar-refractivity contribution in [1.29, 1.82) is 0 Å². The van der Waals surface area contributed by atoms with Gasteiger partial charge in [-0.15, -0.1) is 0 Å². The van der Waals surface area contributed by atoms with Gasteiger partial charge in [-0.25, -0.2) is 9.59 Å². The second-order valence-electron chi connectivity index (χ2n) is 4.55. The van der Waals surface area contributed by atoms with Crippen molar-refractivity contribution in [3.05, 3.63) is 30.1 Å². The average Bonchev–Trinajstić information content (AvgIpc) is 2.48. The highest BCUT2D eigenvalue weighted by Crippen LogP contribution is 2.18. The number of aromatic nitrogens is 1. The summed E-state index contributed by atoms with van der Waals surface area (Å²) in [5, 5.41) is 12.0. The summed E-state index contributed by atoms with van der Waals surface area (Å²) in [6, 6.07) is 4.11. The number of carbonyl (C=O) groups excluding carboxylic acids is 1. The van der Waals surface area contributed by atoms with Gasteiger partial charge in [0, 0.05) is 24.2 Å². The molecule has 2 amide bonds. The van der Waals surface area contributed by atoms with E-state index in [1.54, 1.807) is 24.0 Å². The van der Waals surface area contributed by atoms with E-state index >= 15 is 0 Å². The lowest BCUT2D eigenvalue weighted by atomic mass is 10.2. The second-order valence-corrected chi connectivity index (χ2v) is 5.70. The van der Waals surface area contributed by atoms with E-state index in [-0.39, 0.29) is 12.1 Å². The van der Waals surface area contributed by atoms with Gasteiger partial charge in [-0.1, -0.05) is 6.07 Å². The van der Waals surface area contributed by atoms with Crippen LogP contribution in [-0.2, 0) is 4.79 Å². The Morgan fingerprint density at radius 1 is 1.55 bits per heavy atom. The van der Waals surface area contributed by atoms with Crippen molar-refractivity contribution in [1.82, 2.24) is 15.2 Å². The first-order valence-corrected chi connectivity index (χ1v) is 7.53. The number of urea groups is 1. The van der Waals surface area contributed by atoms with Crippen LogP contribution in [0.15, 0.2) is 24.4 Å². The first-order chi connectivity index (χ1) is 9.59. The van der Waals surface area contributed by atoms with Crippen LogP contribution < -0.4 is 5.32 Å². The topological polar surface area (TPSA) is 82.5 Å². The minimum absolute atomic E-state index is 0.257. The molecule has 6 nitrogen and oxygen atoms in total. The lowest BCUT2D eigenvalue weighted by Crippen LogP contribution is -2.54. The average molecular weight is 295 g/mol. The van der Waals surface area contributed by atoms with Gasteiger partial charge in [-0.05, 0) is 19.1 Å². The van der Waals surface area contributed by atoms with E-state index in [4.69, 9.17) is 5.11 Å². The third-order valence-corrected chi connectivity index (χ3v) is 4.17. The predicted molar refractivity (Wildman–Crippen MR) is 76.6 cm³/mol. The van der Waals surface area contributed by atoms with Crippen LogP contribution in [0.2, 0.25) is 0 Å². The van der Waals surface area contributed by atoms with Gasteiger partial charge in [0.1, 0.15) is 6.04 Å². The number of carbonyl (C=O) groups is 2. The summed E-state index contributed by atoms with van der Waals surface area (Å²) in [5.41, 5.74) is 0.749. The van der Waals surface area contributed by atoms with Gasteiger partial charge >= 0.3 is 12.0 Å². The number of carboxylic acid groups (broad SMARTS) is 1. The molecule has 7 heteroatoms. The van der Waals surface area contributed by atoms with Gasteiger partial charge in [0.05, 0.1) is 11.7 Å². The van der Waals surface area contributed by atoms with E-state index in [1.165, 1.54) is 4.90 Å². The van der Waals surface area contributed by atoms with Crippen molar-refractivity contribution in [3.8, 4) is 0 Å². The number of amides is 2. The SMILES string of the molecule is CC(NC(=O)N1CCSCC1C(=O)O)c1ccccn1. The summed E-state index contributed by atoms with van der Waals surface area (Å²) < 4.78 is 0. The van der Waals surface area contributed by atoms with Crippen molar-refractivity contribution in [2.24, 2.45) is 0 Å². The molecule has 1 fully saturated rings. The molecule has 1 aliphatic heterocycles. The van der Waals surface area contributed by atoms with Gasteiger partial charge in [-0.2, -0.15) is 11.8 Å². The zero-order chi connectivity index (χ0) is 14.5. The molecule has 0 aliphatic carbocycles. The lowest BCUT2D eigenvalue weighted by Gasteiger charge is -2.33. The number of carboxylic acids is 1. The Morgan fingerprint density at radius 2 is 2.35 bits per heavy atom. The molecule has 0 radical (unpaired) electrons. The number of pyridine rings is 1. The van der Waals surface area contributed by atoms with Crippen LogP contribution in [0.3, 0.4) is 0 Å². The molecule has 20 heavy (non-hydrogen) atoms. The summed E-state index contributed by atoms with van der Waals surface area (Å²) >= 11 is 1.55. The molecule has 2 N–H and O–H groups in total. The number of nitrogens with zero attached hydrogens (tertiary/aromatic N) is 2. The van der Waals surface area contributed by atoms with Gasteiger partial charge < -0.3 is 15.3 Å². The molecule has 0 spiro atoms.